The SMILES string of the molecule is CCCC(C)(CCSc1ccccc1)C(=O)O. The zero-order chi connectivity index (χ0) is 12.7. The van der Waals surface area contributed by atoms with E-state index in [-0.39, 0.29) is 0 Å². The first-order chi connectivity index (χ1) is 8.08. The Balaban J connectivity index is 2.45. The van der Waals surface area contributed by atoms with Crippen LogP contribution in [-0.2, 0) is 4.79 Å². The van der Waals surface area contributed by atoms with Gasteiger partial charge in [-0.2, -0.15) is 0 Å². The molecular formula is C14H20O2S. The lowest BCUT2D eigenvalue weighted by Crippen LogP contribution is -2.28. The summed E-state index contributed by atoms with van der Waals surface area (Å²) in [7, 11) is 0. The molecule has 1 aromatic carbocycles. The maximum Gasteiger partial charge on any atom is 0.309 e. The molecule has 0 radical (unpaired) electrons. The Morgan fingerprint density at radius 3 is 2.47 bits per heavy atom. The minimum Gasteiger partial charge on any atom is -0.481 e. The van der Waals surface area contributed by atoms with Crippen molar-refractivity contribution in [1.82, 2.24) is 0 Å². The minimum absolute atomic E-state index is 0.573. The molecule has 1 atom stereocenters. The van der Waals surface area contributed by atoms with E-state index in [0.29, 0.717) is 0 Å². The molecule has 0 aliphatic rings. The smallest absolute Gasteiger partial charge is 0.309 e. The van der Waals surface area contributed by atoms with Gasteiger partial charge in [-0.3, -0.25) is 4.79 Å². The highest BCUT2D eigenvalue weighted by Gasteiger charge is 2.31. The van der Waals surface area contributed by atoms with Crippen LogP contribution in [0, 0.1) is 5.41 Å². The van der Waals surface area contributed by atoms with Gasteiger partial charge in [0.1, 0.15) is 0 Å². The van der Waals surface area contributed by atoms with E-state index in [1.807, 2.05) is 32.0 Å². The molecule has 0 saturated carbocycles. The highest BCUT2D eigenvalue weighted by molar-refractivity contribution is 7.99. The number of thioether (sulfide) groups is 1. The van der Waals surface area contributed by atoms with Crippen molar-refractivity contribution in [2.45, 2.75) is 38.0 Å². The van der Waals surface area contributed by atoms with Gasteiger partial charge in [-0.15, -0.1) is 11.8 Å². The van der Waals surface area contributed by atoms with Gasteiger partial charge in [0.25, 0.3) is 0 Å². The lowest BCUT2D eigenvalue weighted by atomic mass is 9.83. The van der Waals surface area contributed by atoms with E-state index in [9.17, 15) is 9.90 Å². The van der Waals surface area contributed by atoms with Gasteiger partial charge in [-0.1, -0.05) is 31.5 Å². The van der Waals surface area contributed by atoms with Crippen LogP contribution in [0.15, 0.2) is 35.2 Å². The van der Waals surface area contributed by atoms with Crippen LogP contribution < -0.4 is 0 Å². The van der Waals surface area contributed by atoms with Crippen molar-refractivity contribution in [3.8, 4) is 0 Å². The summed E-state index contributed by atoms with van der Waals surface area (Å²) in [6, 6.07) is 10.1. The van der Waals surface area contributed by atoms with Crippen LogP contribution in [0.3, 0.4) is 0 Å². The molecule has 3 heteroatoms. The quantitative estimate of drug-likeness (QED) is 0.744. The van der Waals surface area contributed by atoms with Crippen molar-refractivity contribution >= 4 is 17.7 Å². The average molecular weight is 252 g/mol. The molecule has 1 rings (SSSR count). The second-order valence-corrected chi connectivity index (χ2v) is 5.70. The van der Waals surface area contributed by atoms with Gasteiger partial charge < -0.3 is 5.11 Å². The average Bonchev–Trinajstić information content (AvgIpc) is 2.30. The first-order valence-corrected chi connectivity index (χ1v) is 6.98. The minimum atomic E-state index is -0.673. The first kappa shape index (κ1) is 14.1. The van der Waals surface area contributed by atoms with Gasteiger partial charge in [0.05, 0.1) is 5.41 Å². The largest absolute Gasteiger partial charge is 0.481 e. The van der Waals surface area contributed by atoms with E-state index in [4.69, 9.17) is 0 Å². The molecule has 0 heterocycles. The van der Waals surface area contributed by atoms with Crippen LogP contribution >= 0.6 is 11.8 Å². The number of carbonyl (C=O) groups is 1. The van der Waals surface area contributed by atoms with Crippen LogP contribution in [0.2, 0.25) is 0 Å². The van der Waals surface area contributed by atoms with Crippen molar-refractivity contribution in [1.29, 1.82) is 0 Å². The lowest BCUT2D eigenvalue weighted by Gasteiger charge is -2.23. The molecule has 2 nitrogen and oxygen atoms in total. The highest BCUT2D eigenvalue weighted by Crippen LogP contribution is 2.31. The van der Waals surface area contributed by atoms with Gasteiger partial charge in [-0.25, -0.2) is 0 Å². The Morgan fingerprint density at radius 2 is 1.94 bits per heavy atom. The summed E-state index contributed by atoms with van der Waals surface area (Å²) in [5.41, 5.74) is -0.573. The van der Waals surface area contributed by atoms with Gasteiger partial charge in [0.15, 0.2) is 0 Å². The number of aliphatic carboxylic acids is 1. The fourth-order valence-corrected chi connectivity index (χ4v) is 2.94. The molecule has 94 valence electrons. The predicted octanol–water partition coefficient (Wildman–Crippen LogP) is 4.06. The van der Waals surface area contributed by atoms with Crippen LogP contribution in [0.4, 0.5) is 0 Å². The molecule has 0 bridgehead atoms. The maximum absolute atomic E-state index is 11.2. The number of carboxylic acid groups (broad SMARTS) is 1. The zero-order valence-electron chi connectivity index (χ0n) is 10.5. The van der Waals surface area contributed by atoms with E-state index < -0.39 is 11.4 Å². The summed E-state index contributed by atoms with van der Waals surface area (Å²) in [5, 5.41) is 9.25. The fraction of sp³-hybridized carbons (Fsp3) is 0.500. The van der Waals surface area contributed by atoms with Gasteiger partial charge in [-0.05, 0) is 37.7 Å². The van der Waals surface area contributed by atoms with Crippen molar-refractivity contribution in [2.24, 2.45) is 5.41 Å². The van der Waals surface area contributed by atoms with Crippen molar-refractivity contribution in [3.63, 3.8) is 0 Å². The molecule has 1 N–H and O–H groups in total. The molecule has 1 unspecified atom stereocenters. The molecule has 0 saturated heterocycles. The predicted molar refractivity (Wildman–Crippen MR) is 72.4 cm³/mol. The van der Waals surface area contributed by atoms with Crippen LogP contribution in [0.5, 0.6) is 0 Å². The van der Waals surface area contributed by atoms with E-state index in [0.717, 1.165) is 25.0 Å². The lowest BCUT2D eigenvalue weighted by molar-refractivity contribution is -0.148. The van der Waals surface area contributed by atoms with Crippen LogP contribution in [0.25, 0.3) is 0 Å². The van der Waals surface area contributed by atoms with Gasteiger partial charge >= 0.3 is 5.97 Å². The van der Waals surface area contributed by atoms with E-state index in [1.165, 1.54) is 4.90 Å². The monoisotopic (exact) mass is 252 g/mol. The van der Waals surface area contributed by atoms with E-state index >= 15 is 0 Å². The normalized spacial score (nSPS) is 14.2. The third-order valence-electron chi connectivity index (χ3n) is 2.98. The Bertz CT molecular complexity index is 350. The number of hydrogen-bond acceptors (Lipinski definition) is 2. The molecule has 0 aliphatic carbocycles. The maximum atomic E-state index is 11.2. The summed E-state index contributed by atoms with van der Waals surface area (Å²) in [6.07, 6.45) is 2.38. The topological polar surface area (TPSA) is 37.3 Å². The van der Waals surface area contributed by atoms with E-state index in [2.05, 4.69) is 12.1 Å². The summed E-state index contributed by atoms with van der Waals surface area (Å²) in [6.45, 7) is 3.88. The third-order valence-corrected chi connectivity index (χ3v) is 4.00. The second kappa shape index (κ2) is 6.70. The number of carboxylic acids is 1. The van der Waals surface area contributed by atoms with Crippen molar-refractivity contribution in [3.05, 3.63) is 30.3 Å². The zero-order valence-corrected chi connectivity index (χ0v) is 11.3. The summed E-state index contributed by atoms with van der Waals surface area (Å²) in [5.74, 6) is 0.181. The highest BCUT2D eigenvalue weighted by atomic mass is 32.2. The van der Waals surface area contributed by atoms with Gasteiger partial charge in [0, 0.05) is 4.90 Å². The number of rotatable bonds is 7. The molecule has 0 amide bonds. The molecule has 0 spiro atoms. The van der Waals surface area contributed by atoms with Crippen LogP contribution in [0.1, 0.15) is 33.1 Å². The van der Waals surface area contributed by atoms with E-state index in [1.54, 1.807) is 11.8 Å². The molecule has 17 heavy (non-hydrogen) atoms. The Hall–Kier alpha value is -0.960. The fourth-order valence-electron chi connectivity index (χ4n) is 1.80. The summed E-state index contributed by atoms with van der Waals surface area (Å²) in [4.78, 5) is 12.4. The molecular weight excluding hydrogens is 232 g/mol. The molecule has 0 aromatic heterocycles. The summed E-state index contributed by atoms with van der Waals surface area (Å²) >= 11 is 1.73. The number of benzene rings is 1. The van der Waals surface area contributed by atoms with Crippen molar-refractivity contribution < 1.29 is 9.90 Å². The van der Waals surface area contributed by atoms with Gasteiger partial charge in [0.2, 0.25) is 0 Å². The van der Waals surface area contributed by atoms with Crippen molar-refractivity contribution in [2.75, 3.05) is 5.75 Å². The Morgan fingerprint density at radius 1 is 1.29 bits per heavy atom. The first-order valence-electron chi connectivity index (χ1n) is 6.00. The molecule has 1 aromatic rings. The Labute approximate surface area is 107 Å². The third kappa shape index (κ3) is 4.43. The number of hydrogen-bond donors (Lipinski definition) is 1. The standard InChI is InChI=1S/C14H20O2S/c1-3-9-14(2,13(15)16)10-11-17-12-7-5-4-6-8-12/h4-8H,3,9-11H2,1-2H3,(H,15,16). The second-order valence-electron chi connectivity index (χ2n) is 4.53. The summed E-state index contributed by atoms with van der Waals surface area (Å²) < 4.78 is 0. The van der Waals surface area contributed by atoms with Crippen LogP contribution in [-0.4, -0.2) is 16.8 Å². The molecule has 0 aliphatic heterocycles. The molecule has 0 fully saturated rings. The Kier molecular flexibility index (Phi) is 5.56.